The van der Waals surface area contributed by atoms with Gasteiger partial charge in [-0.05, 0) is 29.9 Å². The molecule has 1 aromatic rings. The molecule has 2 atom stereocenters. The first-order valence-electron chi connectivity index (χ1n) is 4.72. The fourth-order valence-electron chi connectivity index (χ4n) is 1.75. The molecule has 0 bridgehead atoms. The van der Waals surface area contributed by atoms with Crippen molar-refractivity contribution in [2.45, 2.75) is 12.5 Å². The van der Waals surface area contributed by atoms with Gasteiger partial charge in [-0.2, -0.15) is 11.8 Å². The van der Waals surface area contributed by atoms with Crippen molar-refractivity contribution < 1.29 is 4.39 Å². The van der Waals surface area contributed by atoms with Crippen LogP contribution in [0.5, 0.6) is 0 Å². The third kappa shape index (κ3) is 1.91. The van der Waals surface area contributed by atoms with Gasteiger partial charge < -0.3 is 5.73 Å². The van der Waals surface area contributed by atoms with Crippen molar-refractivity contribution in [3.63, 3.8) is 0 Å². The van der Waals surface area contributed by atoms with Crippen LogP contribution in [-0.4, -0.2) is 16.5 Å². The third-order valence-corrected chi connectivity index (χ3v) is 3.82. The molecule has 1 aliphatic rings. The Morgan fingerprint density at radius 3 is 3.14 bits per heavy atom. The predicted octanol–water partition coefficient (Wildman–Crippen LogP) is 1.97. The molecule has 2 unspecified atom stereocenters. The maximum atomic E-state index is 13.3. The smallest absolute Gasteiger partial charge is 0.146 e. The Labute approximate surface area is 87.1 Å². The fraction of sp³-hybridized carbons (Fsp3) is 0.500. The Morgan fingerprint density at radius 2 is 2.50 bits per heavy atom. The van der Waals surface area contributed by atoms with E-state index < -0.39 is 0 Å². The van der Waals surface area contributed by atoms with Crippen LogP contribution in [0.25, 0.3) is 0 Å². The first-order valence-corrected chi connectivity index (χ1v) is 5.87. The number of halogens is 1. The van der Waals surface area contributed by atoms with Gasteiger partial charge in [-0.1, -0.05) is 0 Å². The van der Waals surface area contributed by atoms with Gasteiger partial charge in [-0.15, -0.1) is 0 Å². The van der Waals surface area contributed by atoms with Crippen LogP contribution in [0.4, 0.5) is 4.39 Å². The SMILES string of the molecule is NC(c1ccncc1F)C1CCSC1. The summed E-state index contributed by atoms with van der Waals surface area (Å²) in [5, 5.41) is 0. The number of nitrogens with zero attached hydrogens (tertiary/aromatic N) is 1. The van der Waals surface area contributed by atoms with Gasteiger partial charge in [0.05, 0.1) is 6.20 Å². The van der Waals surface area contributed by atoms with Gasteiger partial charge in [-0.3, -0.25) is 4.98 Å². The van der Waals surface area contributed by atoms with E-state index in [9.17, 15) is 4.39 Å². The van der Waals surface area contributed by atoms with Crippen LogP contribution in [0.15, 0.2) is 18.5 Å². The minimum atomic E-state index is -0.281. The third-order valence-electron chi connectivity index (χ3n) is 2.64. The van der Waals surface area contributed by atoms with Crippen LogP contribution in [0.3, 0.4) is 0 Å². The minimum absolute atomic E-state index is 0.173. The van der Waals surface area contributed by atoms with Crippen molar-refractivity contribution in [1.82, 2.24) is 4.98 Å². The molecule has 0 aromatic carbocycles. The quantitative estimate of drug-likeness (QED) is 0.814. The Balaban J connectivity index is 2.17. The number of rotatable bonds is 2. The molecule has 0 aliphatic carbocycles. The largest absolute Gasteiger partial charge is 0.324 e. The van der Waals surface area contributed by atoms with Crippen molar-refractivity contribution in [1.29, 1.82) is 0 Å². The van der Waals surface area contributed by atoms with Crippen molar-refractivity contribution in [3.05, 3.63) is 29.8 Å². The van der Waals surface area contributed by atoms with Crippen LogP contribution in [-0.2, 0) is 0 Å². The molecule has 1 aliphatic heterocycles. The van der Waals surface area contributed by atoms with E-state index in [1.54, 1.807) is 12.3 Å². The topological polar surface area (TPSA) is 38.9 Å². The average Bonchev–Trinajstić information content (AvgIpc) is 2.70. The lowest BCUT2D eigenvalue weighted by Gasteiger charge is -2.18. The number of aromatic nitrogens is 1. The minimum Gasteiger partial charge on any atom is -0.324 e. The van der Waals surface area contributed by atoms with Gasteiger partial charge in [-0.25, -0.2) is 4.39 Å². The Kier molecular flexibility index (Phi) is 3.03. The normalized spacial score (nSPS) is 23.7. The zero-order valence-electron chi connectivity index (χ0n) is 7.82. The maximum absolute atomic E-state index is 13.3. The number of thioether (sulfide) groups is 1. The molecule has 14 heavy (non-hydrogen) atoms. The van der Waals surface area contributed by atoms with E-state index in [4.69, 9.17) is 5.73 Å². The Hall–Kier alpha value is -0.610. The second-order valence-electron chi connectivity index (χ2n) is 3.55. The van der Waals surface area contributed by atoms with Gasteiger partial charge in [0.1, 0.15) is 5.82 Å². The van der Waals surface area contributed by atoms with E-state index in [1.165, 1.54) is 6.20 Å². The van der Waals surface area contributed by atoms with Crippen molar-refractivity contribution in [3.8, 4) is 0 Å². The molecule has 2 N–H and O–H groups in total. The average molecular weight is 212 g/mol. The summed E-state index contributed by atoms with van der Waals surface area (Å²) in [6.45, 7) is 0. The van der Waals surface area contributed by atoms with E-state index >= 15 is 0 Å². The summed E-state index contributed by atoms with van der Waals surface area (Å²) < 4.78 is 13.3. The fourth-order valence-corrected chi connectivity index (χ4v) is 3.06. The second-order valence-corrected chi connectivity index (χ2v) is 4.70. The molecular weight excluding hydrogens is 199 g/mol. The predicted molar refractivity (Wildman–Crippen MR) is 56.6 cm³/mol. The van der Waals surface area contributed by atoms with E-state index in [0.717, 1.165) is 17.9 Å². The van der Waals surface area contributed by atoms with Gasteiger partial charge in [0, 0.05) is 17.8 Å². The van der Waals surface area contributed by atoms with E-state index in [2.05, 4.69) is 4.98 Å². The molecule has 4 heteroatoms. The second kappa shape index (κ2) is 4.28. The van der Waals surface area contributed by atoms with Gasteiger partial charge in [0.15, 0.2) is 0 Å². The van der Waals surface area contributed by atoms with E-state index in [1.807, 2.05) is 11.8 Å². The highest BCUT2D eigenvalue weighted by Crippen LogP contribution is 2.33. The molecule has 2 heterocycles. The lowest BCUT2D eigenvalue weighted by atomic mass is 9.94. The summed E-state index contributed by atoms with van der Waals surface area (Å²) in [5.41, 5.74) is 6.62. The zero-order valence-corrected chi connectivity index (χ0v) is 8.64. The Morgan fingerprint density at radius 1 is 1.64 bits per heavy atom. The van der Waals surface area contributed by atoms with Crippen molar-refractivity contribution in [2.24, 2.45) is 11.7 Å². The molecule has 0 saturated carbocycles. The highest BCUT2D eigenvalue weighted by molar-refractivity contribution is 7.99. The van der Waals surface area contributed by atoms with Crippen molar-refractivity contribution in [2.75, 3.05) is 11.5 Å². The molecule has 1 saturated heterocycles. The summed E-state index contributed by atoms with van der Waals surface area (Å²) in [7, 11) is 0. The summed E-state index contributed by atoms with van der Waals surface area (Å²) >= 11 is 1.89. The molecule has 1 fully saturated rings. The summed E-state index contributed by atoms with van der Waals surface area (Å²) in [6.07, 6.45) is 3.92. The van der Waals surface area contributed by atoms with Gasteiger partial charge in [0.2, 0.25) is 0 Å². The van der Waals surface area contributed by atoms with E-state index in [0.29, 0.717) is 11.5 Å². The molecule has 1 aromatic heterocycles. The molecule has 0 radical (unpaired) electrons. The monoisotopic (exact) mass is 212 g/mol. The lowest BCUT2D eigenvalue weighted by Crippen LogP contribution is -2.22. The number of pyridine rings is 1. The van der Waals surface area contributed by atoms with Crippen LogP contribution in [0.2, 0.25) is 0 Å². The van der Waals surface area contributed by atoms with Crippen LogP contribution < -0.4 is 5.73 Å². The maximum Gasteiger partial charge on any atom is 0.146 e. The highest BCUT2D eigenvalue weighted by atomic mass is 32.2. The zero-order chi connectivity index (χ0) is 9.97. The first kappa shape index (κ1) is 9.93. The molecule has 76 valence electrons. The van der Waals surface area contributed by atoms with Crippen LogP contribution in [0, 0.1) is 11.7 Å². The standard InChI is InChI=1S/C10H13FN2S/c11-9-5-13-3-1-8(9)10(12)7-2-4-14-6-7/h1,3,5,7,10H,2,4,6,12H2. The molecular formula is C10H13FN2S. The molecule has 2 rings (SSSR count). The summed E-state index contributed by atoms with van der Waals surface area (Å²) in [6, 6.07) is 1.51. The summed E-state index contributed by atoms with van der Waals surface area (Å²) in [4.78, 5) is 3.72. The molecule has 2 nitrogen and oxygen atoms in total. The van der Waals surface area contributed by atoms with Crippen molar-refractivity contribution >= 4 is 11.8 Å². The number of hydrogen-bond donors (Lipinski definition) is 1. The first-order chi connectivity index (χ1) is 6.79. The van der Waals surface area contributed by atoms with Crippen LogP contribution in [0.1, 0.15) is 18.0 Å². The number of nitrogens with two attached hydrogens (primary N) is 1. The summed E-state index contributed by atoms with van der Waals surface area (Å²) in [5.74, 6) is 2.32. The van der Waals surface area contributed by atoms with E-state index in [-0.39, 0.29) is 11.9 Å². The Bertz CT molecular complexity index is 313. The molecule has 0 amide bonds. The van der Waals surface area contributed by atoms with Gasteiger partial charge >= 0.3 is 0 Å². The highest BCUT2D eigenvalue weighted by Gasteiger charge is 2.25. The van der Waals surface area contributed by atoms with Crippen LogP contribution >= 0.6 is 11.8 Å². The number of hydrogen-bond acceptors (Lipinski definition) is 3. The lowest BCUT2D eigenvalue weighted by molar-refractivity contribution is 0.459. The van der Waals surface area contributed by atoms with Gasteiger partial charge in [0.25, 0.3) is 0 Å². The molecule has 0 spiro atoms.